The number of nitrogens with zero attached hydrogens (tertiary/aromatic N) is 2. The molecule has 0 radical (unpaired) electrons. The number of imide groups is 1. The minimum Gasteiger partial charge on any atom is -0.318 e. The smallest absolute Gasteiger partial charge is 0.293 e. The van der Waals surface area contributed by atoms with E-state index in [-0.39, 0.29) is 17.7 Å². The maximum Gasteiger partial charge on any atom is 0.293 e. The summed E-state index contributed by atoms with van der Waals surface area (Å²) in [7, 11) is 0. The van der Waals surface area contributed by atoms with E-state index in [0.29, 0.717) is 9.93 Å². The molecule has 2 heterocycles. The van der Waals surface area contributed by atoms with Gasteiger partial charge < -0.3 is 4.57 Å². The van der Waals surface area contributed by atoms with Crippen molar-refractivity contribution >= 4 is 63.2 Å². The molecular weight excluding hydrogens is 531 g/mol. The van der Waals surface area contributed by atoms with Crippen molar-refractivity contribution in [2.24, 2.45) is 0 Å². The third kappa shape index (κ3) is 4.22. The van der Waals surface area contributed by atoms with Crippen molar-refractivity contribution in [2.45, 2.75) is 20.4 Å². The number of rotatable bonds is 4. The average Bonchev–Trinajstić information content (AvgIpc) is 3.14. The highest BCUT2D eigenvalue weighted by Gasteiger charge is 2.35. The molecule has 1 aromatic heterocycles. The van der Waals surface area contributed by atoms with Crippen molar-refractivity contribution in [3.63, 3.8) is 0 Å². The number of carbonyl (C=O) groups excluding carboxylic acids is 2. The maximum absolute atomic E-state index is 12.9. The molecule has 1 aliphatic heterocycles. The van der Waals surface area contributed by atoms with Crippen LogP contribution in [0.3, 0.4) is 0 Å². The van der Waals surface area contributed by atoms with Crippen molar-refractivity contribution in [3.05, 3.63) is 90.6 Å². The molecule has 0 N–H and O–H groups in total. The molecule has 2 aromatic carbocycles. The average molecular weight is 549 g/mol. The first-order chi connectivity index (χ1) is 14.3. The lowest BCUT2D eigenvalue weighted by atomic mass is 10.2. The van der Waals surface area contributed by atoms with Gasteiger partial charge in [-0.05, 0) is 108 Å². The molecule has 0 unspecified atom stereocenters. The Morgan fingerprint density at radius 3 is 2.37 bits per heavy atom. The second-order valence-corrected chi connectivity index (χ2v) is 9.71. The van der Waals surface area contributed by atoms with E-state index < -0.39 is 0 Å². The fourth-order valence-electron chi connectivity index (χ4n) is 3.47. The molecule has 1 aliphatic rings. The van der Waals surface area contributed by atoms with Gasteiger partial charge >= 0.3 is 0 Å². The molecule has 2 amide bonds. The van der Waals surface area contributed by atoms with E-state index in [2.05, 4.69) is 27.2 Å². The third-order valence-corrected chi connectivity index (χ3v) is 6.85. The van der Waals surface area contributed by atoms with E-state index in [1.54, 1.807) is 0 Å². The highest BCUT2D eigenvalue weighted by atomic mass is 127. The van der Waals surface area contributed by atoms with Gasteiger partial charge in [0.1, 0.15) is 0 Å². The zero-order valence-electron chi connectivity index (χ0n) is 16.4. The lowest BCUT2D eigenvalue weighted by Crippen LogP contribution is -2.27. The predicted molar refractivity (Wildman–Crippen MR) is 131 cm³/mol. The molecule has 152 valence electrons. The van der Waals surface area contributed by atoms with E-state index in [0.717, 1.165) is 43.5 Å². The summed E-state index contributed by atoms with van der Waals surface area (Å²) in [4.78, 5) is 27.1. The summed E-state index contributed by atoms with van der Waals surface area (Å²) < 4.78 is 3.22. The van der Waals surface area contributed by atoms with Crippen molar-refractivity contribution in [3.8, 4) is 5.69 Å². The SMILES string of the molecule is Cc1cc(/C=C2/SC(=O)N(Cc3ccc(I)cc3)C2=O)c(C)n1-c1ccc(Cl)cc1. The van der Waals surface area contributed by atoms with E-state index in [9.17, 15) is 9.59 Å². The summed E-state index contributed by atoms with van der Waals surface area (Å²) in [6, 6.07) is 17.5. The summed E-state index contributed by atoms with van der Waals surface area (Å²) in [5, 5.41) is 0.444. The summed E-state index contributed by atoms with van der Waals surface area (Å²) in [5.74, 6) is -0.250. The van der Waals surface area contributed by atoms with Crippen LogP contribution in [0.4, 0.5) is 4.79 Å². The standard InChI is InChI=1S/C23H18ClIN2O2S/c1-14-11-17(15(2)27(14)20-9-5-18(24)6-10-20)12-21-22(28)26(23(29)30-21)13-16-3-7-19(25)8-4-16/h3-12H,13H2,1-2H3/b21-12+. The second kappa shape index (κ2) is 8.61. The van der Waals surface area contributed by atoms with Crippen LogP contribution in [0.15, 0.2) is 59.5 Å². The quantitative estimate of drug-likeness (QED) is 0.273. The molecule has 1 fully saturated rings. The lowest BCUT2D eigenvalue weighted by molar-refractivity contribution is -0.123. The van der Waals surface area contributed by atoms with Crippen LogP contribution in [0.2, 0.25) is 5.02 Å². The molecule has 4 nitrogen and oxygen atoms in total. The van der Waals surface area contributed by atoms with Crippen molar-refractivity contribution in [1.82, 2.24) is 9.47 Å². The van der Waals surface area contributed by atoms with Gasteiger partial charge in [0.05, 0.1) is 11.4 Å². The van der Waals surface area contributed by atoms with Gasteiger partial charge in [-0.1, -0.05) is 23.7 Å². The Bertz CT molecular complexity index is 1170. The number of carbonyl (C=O) groups is 2. The van der Waals surface area contributed by atoms with Crippen molar-refractivity contribution < 1.29 is 9.59 Å². The van der Waals surface area contributed by atoms with Crippen molar-refractivity contribution in [1.29, 1.82) is 0 Å². The molecule has 0 atom stereocenters. The Morgan fingerprint density at radius 1 is 1.03 bits per heavy atom. The first-order valence-corrected chi connectivity index (χ1v) is 11.6. The van der Waals surface area contributed by atoms with Crippen LogP contribution in [0.25, 0.3) is 11.8 Å². The van der Waals surface area contributed by atoms with Gasteiger partial charge in [-0.3, -0.25) is 14.5 Å². The van der Waals surface area contributed by atoms with Crippen LogP contribution in [0.1, 0.15) is 22.5 Å². The van der Waals surface area contributed by atoms with Crippen LogP contribution in [-0.4, -0.2) is 20.6 Å². The van der Waals surface area contributed by atoms with Crippen LogP contribution in [0, 0.1) is 17.4 Å². The van der Waals surface area contributed by atoms with Crippen LogP contribution in [-0.2, 0) is 11.3 Å². The van der Waals surface area contributed by atoms with Gasteiger partial charge in [0, 0.05) is 25.7 Å². The first-order valence-electron chi connectivity index (χ1n) is 9.28. The Morgan fingerprint density at radius 2 is 1.70 bits per heavy atom. The number of halogens is 2. The summed E-state index contributed by atoms with van der Waals surface area (Å²) in [6.07, 6.45) is 1.81. The Hall–Kier alpha value is -2.03. The number of benzene rings is 2. The van der Waals surface area contributed by atoms with Crippen LogP contribution >= 0.6 is 46.0 Å². The molecule has 0 spiro atoms. The van der Waals surface area contributed by atoms with E-state index in [1.807, 2.05) is 74.5 Å². The summed E-state index contributed by atoms with van der Waals surface area (Å²) >= 11 is 9.23. The summed E-state index contributed by atoms with van der Waals surface area (Å²) in [5.41, 5.74) is 4.89. The van der Waals surface area contributed by atoms with Gasteiger partial charge in [-0.2, -0.15) is 0 Å². The Kier molecular flexibility index (Phi) is 6.09. The number of aryl methyl sites for hydroxylation is 1. The van der Waals surface area contributed by atoms with Crippen LogP contribution in [0.5, 0.6) is 0 Å². The first kappa shape index (κ1) is 21.2. The van der Waals surface area contributed by atoms with E-state index >= 15 is 0 Å². The van der Waals surface area contributed by atoms with Gasteiger partial charge in [-0.25, -0.2) is 0 Å². The van der Waals surface area contributed by atoms with Gasteiger partial charge in [0.2, 0.25) is 0 Å². The minimum atomic E-state index is -0.250. The van der Waals surface area contributed by atoms with Crippen LogP contribution < -0.4 is 0 Å². The van der Waals surface area contributed by atoms with Gasteiger partial charge in [-0.15, -0.1) is 0 Å². The van der Waals surface area contributed by atoms with Gasteiger partial charge in [0.15, 0.2) is 0 Å². The number of thioether (sulfide) groups is 1. The fourth-order valence-corrected chi connectivity index (χ4v) is 4.79. The zero-order valence-corrected chi connectivity index (χ0v) is 20.1. The molecule has 0 aliphatic carbocycles. The topological polar surface area (TPSA) is 42.3 Å². The molecule has 3 aromatic rings. The van der Waals surface area contributed by atoms with E-state index in [4.69, 9.17) is 11.6 Å². The normalized spacial score (nSPS) is 15.5. The molecule has 0 bridgehead atoms. The molecule has 4 rings (SSSR count). The molecule has 30 heavy (non-hydrogen) atoms. The molecule has 0 saturated carbocycles. The predicted octanol–water partition coefficient (Wildman–Crippen LogP) is 6.59. The highest BCUT2D eigenvalue weighted by Crippen LogP contribution is 2.34. The number of hydrogen-bond acceptors (Lipinski definition) is 3. The van der Waals surface area contributed by atoms with E-state index in [1.165, 1.54) is 4.90 Å². The lowest BCUT2D eigenvalue weighted by Gasteiger charge is -2.12. The molecule has 1 saturated heterocycles. The highest BCUT2D eigenvalue weighted by molar-refractivity contribution is 14.1. The monoisotopic (exact) mass is 548 g/mol. The largest absolute Gasteiger partial charge is 0.318 e. The summed E-state index contributed by atoms with van der Waals surface area (Å²) in [6.45, 7) is 4.30. The molecule has 7 heteroatoms. The van der Waals surface area contributed by atoms with Crippen molar-refractivity contribution in [2.75, 3.05) is 0 Å². The molecular formula is C23H18ClIN2O2S. The maximum atomic E-state index is 12.9. The number of hydrogen-bond donors (Lipinski definition) is 0. The van der Waals surface area contributed by atoms with Gasteiger partial charge in [0.25, 0.3) is 11.1 Å². The second-order valence-electron chi connectivity index (χ2n) is 7.03. The number of amides is 2. The third-order valence-electron chi connectivity index (χ3n) is 4.97. The number of aromatic nitrogens is 1. The Labute approximate surface area is 198 Å². The Balaban J connectivity index is 1.61. The fraction of sp³-hybridized carbons (Fsp3) is 0.130. The minimum absolute atomic E-state index is 0.240. The zero-order chi connectivity index (χ0) is 21.4.